The number of hydrogen-bond acceptors (Lipinski definition) is 5. The molecule has 0 saturated carbocycles. The lowest BCUT2D eigenvalue weighted by Crippen LogP contribution is -2.17. The molecule has 0 saturated heterocycles. The Morgan fingerprint density at radius 1 is 0.265 bits per heavy atom. The molecule has 10 rings (SSSR count). The number of anilines is 6. The minimum Gasteiger partial charge on any atom is -0.309 e. The van der Waals surface area contributed by atoms with Gasteiger partial charge in [0, 0.05) is 22.5 Å². The van der Waals surface area contributed by atoms with Gasteiger partial charge >= 0.3 is 0 Å². The summed E-state index contributed by atoms with van der Waals surface area (Å²) >= 11 is 0. The largest absolute Gasteiger partial charge is 0.309 e. The molecule has 0 aliphatic heterocycles. The molecule has 1 aromatic heterocycles. The Morgan fingerprint density at radius 2 is 0.588 bits per heavy atom. The van der Waals surface area contributed by atoms with Gasteiger partial charge in [-0.15, -0.1) is 0 Å². The van der Waals surface area contributed by atoms with Crippen LogP contribution in [0.25, 0.3) is 56.2 Å². The van der Waals surface area contributed by atoms with Crippen molar-refractivity contribution in [2.45, 2.75) is 41.5 Å². The topological polar surface area (TPSA) is 45.2 Å². The maximum absolute atomic E-state index is 5.40. The summed E-state index contributed by atoms with van der Waals surface area (Å²) in [4.78, 5) is 20.6. The third kappa shape index (κ3) is 8.94. The van der Waals surface area contributed by atoms with Gasteiger partial charge in [0.25, 0.3) is 0 Å². The molecule has 1 heterocycles. The number of nitrogens with zero attached hydrogens (tertiary/aromatic N) is 5. The Balaban J connectivity index is 1.20. The summed E-state index contributed by atoms with van der Waals surface area (Å²) in [5, 5.41) is 0. The van der Waals surface area contributed by atoms with Crippen LogP contribution in [0.2, 0.25) is 0 Å². The zero-order valence-corrected chi connectivity index (χ0v) is 39.4. The first-order valence-corrected chi connectivity index (χ1v) is 23.3. The molecule has 0 aliphatic carbocycles. The van der Waals surface area contributed by atoms with Crippen molar-refractivity contribution in [3.8, 4) is 56.2 Å². The minimum absolute atomic E-state index is 0.505. The van der Waals surface area contributed by atoms with Crippen LogP contribution in [0.1, 0.15) is 33.4 Å². The fourth-order valence-electron chi connectivity index (χ4n) is 9.64. The van der Waals surface area contributed by atoms with Crippen molar-refractivity contribution < 1.29 is 0 Å². The van der Waals surface area contributed by atoms with Crippen molar-refractivity contribution in [2.75, 3.05) is 9.80 Å². The van der Waals surface area contributed by atoms with E-state index >= 15 is 0 Å². The van der Waals surface area contributed by atoms with E-state index in [9.17, 15) is 0 Å². The van der Waals surface area contributed by atoms with E-state index < -0.39 is 0 Å². The first kappa shape index (κ1) is 43.5. The van der Waals surface area contributed by atoms with Crippen molar-refractivity contribution >= 4 is 34.4 Å². The van der Waals surface area contributed by atoms with Crippen molar-refractivity contribution in [3.05, 3.63) is 246 Å². The first-order valence-electron chi connectivity index (χ1n) is 23.3. The molecule has 0 N–H and O–H groups in total. The highest BCUT2D eigenvalue weighted by Gasteiger charge is 2.25. The molecule has 0 atom stereocenters. The third-order valence-corrected chi connectivity index (χ3v) is 12.6. The summed E-state index contributed by atoms with van der Waals surface area (Å²) in [6.07, 6.45) is 0. The van der Waals surface area contributed by atoms with Crippen molar-refractivity contribution in [3.63, 3.8) is 0 Å². The van der Waals surface area contributed by atoms with Crippen LogP contribution >= 0.6 is 0 Å². The average molecular weight is 880 g/mol. The van der Waals surface area contributed by atoms with E-state index in [4.69, 9.17) is 15.0 Å². The van der Waals surface area contributed by atoms with E-state index in [2.05, 4.69) is 239 Å². The van der Waals surface area contributed by atoms with E-state index in [1.807, 2.05) is 24.3 Å². The van der Waals surface area contributed by atoms with Gasteiger partial charge in [-0.3, -0.25) is 4.90 Å². The zero-order valence-electron chi connectivity index (χ0n) is 39.4. The average Bonchev–Trinajstić information content (AvgIpc) is 3.36. The minimum atomic E-state index is 0.505. The first-order chi connectivity index (χ1) is 33.2. The van der Waals surface area contributed by atoms with E-state index in [1.165, 1.54) is 44.8 Å². The second kappa shape index (κ2) is 18.8. The summed E-state index contributed by atoms with van der Waals surface area (Å²) in [6, 6.07) is 75.1. The fourth-order valence-corrected chi connectivity index (χ4v) is 9.64. The Bertz CT molecular complexity index is 3210. The molecule has 5 nitrogen and oxygen atoms in total. The maximum atomic E-state index is 5.40. The molecular weight excluding hydrogens is 827 g/mol. The molecule has 68 heavy (non-hydrogen) atoms. The molecule has 0 aliphatic rings. The van der Waals surface area contributed by atoms with Crippen LogP contribution in [-0.4, -0.2) is 15.0 Å². The van der Waals surface area contributed by atoms with Gasteiger partial charge in [0.1, 0.15) is 0 Å². The van der Waals surface area contributed by atoms with Crippen LogP contribution in [0.3, 0.4) is 0 Å². The van der Waals surface area contributed by atoms with Gasteiger partial charge in [-0.2, -0.15) is 9.97 Å². The van der Waals surface area contributed by atoms with E-state index in [0.29, 0.717) is 17.6 Å². The number of aromatic nitrogens is 3. The maximum Gasteiger partial charge on any atom is 0.238 e. The summed E-state index contributed by atoms with van der Waals surface area (Å²) in [6.45, 7) is 13.2. The molecule has 9 aromatic carbocycles. The van der Waals surface area contributed by atoms with Crippen LogP contribution in [0.15, 0.2) is 212 Å². The lowest BCUT2D eigenvalue weighted by molar-refractivity contribution is 1.02. The molecule has 330 valence electrons. The van der Waals surface area contributed by atoms with Gasteiger partial charge < -0.3 is 4.90 Å². The molecule has 0 bridgehead atoms. The number of benzene rings is 9. The molecule has 0 unspecified atom stereocenters. The second-order valence-electron chi connectivity index (χ2n) is 17.8. The second-order valence-corrected chi connectivity index (χ2v) is 17.8. The van der Waals surface area contributed by atoms with E-state index in [-0.39, 0.29) is 0 Å². The molecule has 0 spiro atoms. The summed E-state index contributed by atoms with van der Waals surface area (Å²) in [5.41, 5.74) is 21.1. The SMILES string of the molecule is Cc1cc(C)c(N(c2ccc(N(c3cc(-c4ccccc4)cc(-c4ccccc4)c3)c3nc(-c4ccccc4)nc(-c4ccc(-c5ccccc5)cc4)n3)cc2)c2c(C)cc(C)cc2C)c(C)c1. The smallest absolute Gasteiger partial charge is 0.238 e. The molecule has 10 aromatic rings. The zero-order chi connectivity index (χ0) is 46.7. The number of rotatable bonds is 11. The number of aryl methyl sites for hydroxylation is 6. The van der Waals surface area contributed by atoms with Crippen LogP contribution < -0.4 is 9.80 Å². The molecule has 5 heteroatoms. The highest BCUT2D eigenvalue weighted by molar-refractivity contribution is 5.87. The van der Waals surface area contributed by atoms with Gasteiger partial charge in [-0.25, -0.2) is 4.98 Å². The Morgan fingerprint density at radius 3 is 1.00 bits per heavy atom. The highest BCUT2D eigenvalue weighted by Crippen LogP contribution is 2.45. The lowest BCUT2D eigenvalue weighted by Gasteiger charge is -2.32. The molecular formula is C63H53N5. The van der Waals surface area contributed by atoms with E-state index in [1.54, 1.807) is 0 Å². The molecule has 0 fully saturated rings. The van der Waals surface area contributed by atoms with Gasteiger partial charge in [-0.1, -0.05) is 181 Å². The van der Waals surface area contributed by atoms with Crippen LogP contribution in [0.5, 0.6) is 0 Å². The van der Waals surface area contributed by atoms with Gasteiger partial charge in [0.05, 0.1) is 17.1 Å². The monoisotopic (exact) mass is 879 g/mol. The third-order valence-electron chi connectivity index (χ3n) is 12.6. The van der Waals surface area contributed by atoms with E-state index in [0.717, 1.165) is 61.6 Å². The van der Waals surface area contributed by atoms with Crippen LogP contribution in [0.4, 0.5) is 34.4 Å². The summed E-state index contributed by atoms with van der Waals surface area (Å²) in [5.74, 6) is 1.67. The quantitative estimate of drug-likeness (QED) is 0.130. The molecule has 0 amide bonds. The van der Waals surface area contributed by atoms with Crippen molar-refractivity contribution in [2.24, 2.45) is 0 Å². The fraction of sp³-hybridized carbons (Fsp3) is 0.0952. The summed E-state index contributed by atoms with van der Waals surface area (Å²) in [7, 11) is 0. The standard InChI is InChI=1S/C63H53N5/c1-42-35-44(3)59(45(4)36-42)68(60-46(5)37-43(2)38-47(60)6)57-33-31-56(32-34-57)67(58-40-54(49-21-13-8-14-22-49)39-55(41-58)50-23-15-9-16-24-50)63-65-61(52-25-17-10-18-26-52)64-62(66-63)53-29-27-51(28-30-53)48-19-11-7-12-20-48/h7-41H,1-6H3. The van der Waals surface area contributed by atoms with Crippen molar-refractivity contribution in [1.29, 1.82) is 0 Å². The highest BCUT2D eigenvalue weighted by atomic mass is 15.3. The number of hydrogen-bond donors (Lipinski definition) is 0. The van der Waals surface area contributed by atoms with Crippen molar-refractivity contribution in [1.82, 2.24) is 15.0 Å². The van der Waals surface area contributed by atoms with Crippen LogP contribution in [-0.2, 0) is 0 Å². The van der Waals surface area contributed by atoms with Gasteiger partial charge in [0.15, 0.2) is 11.6 Å². The Labute approximate surface area is 400 Å². The lowest BCUT2D eigenvalue weighted by atomic mass is 9.97. The van der Waals surface area contributed by atoms with Crippen LogP contribution in [0, 0.1) is 41.5 Å². The normalized spacial score (nSPS) is 11.1. The predicted molar refractivity (Wildman–Crippen MR) is 285 cm³/mol. The predicted octanol–water partition coefficient (Wildman–Crippen LogP) is 17.0. The van der Waals surface area contributed by atoms with Gasteiger partial charge in [0.2, 0.25) is 5.95 Å². The Kier molecular flexibility index (Phi) is 12.0. The summed E-state index contributed by atoms with van der Waals surface area (Å²) < 4.78 is 0. The Hall–Kier alpha value is -8.41. The molecule has 0 radical (unpaired) electrons. The van der Waals surface area contributed by atoms with Gasteiger partial charge in [-0.05, 0) is 140 Å².